The number of ether oxygens (including phenoxy) is 2. The van der Waals surface area contributed by atoms with Gasteiger partial charge in [0.05, 0.1) is 19.9 Å². The predicted octanol–water partition coefficient (Wildman–Crippen LogP) is 1.56. The van der Waals surface area contributed by atoms with Gasteiger partial charge in [-0.05, 0) is 0 Å². The summed E-state index contributed by atoms with van der Waals surface area (Å²) in [4.78, 5) is 0. The van der Waals surface area contributed by atoms with Crippen molar-refractivity contribution in [1.29, 1.82) is 0 Å². The van der Waals surface area contributed by atoms with E-state index in [1.54, 1.807) is 0 Å². The third kappa shape index (κ3) is 1.49. The second-order valence-corrected chi connectivity index (χ2v) is 2.33. The van der Waals surface area contributed by atoms with Crippen LogP contribution in [0.5, 0.6) is 11.5 Å². The molecule has 0 bridgehead atoms. The van der Waals surface area contributed by atoms with E-state index in [2.05, 4.69) is 9.47 Å². The van der Waals surface area contributed by atoms with Crippen molar-refractivity contribution in [2.75, 3.05) is 20.0 Å². The van der Waals surface area contributed by atoms with E-state index in [4.69, 9.17) is 5.73 Å². The first kappa shape index (κ1) is 9.57. The van der Waals surface area contributed by atoms with Gasteiger partial charge in [0.1, 0.15) is 0 Å². The largest absolute Gasteiger partial charge is 0.491 e. The van der Waals surface area contributed by atoms with Gasteiger partial charge in [0.15, 0.2) is 17.3 Å². The van der Waals surface area contributed by atoms with E-state index in [-0.39, 0.29) is 11.4 Å². The minimum atomic E-state index is -0.928. The molecular formula is C8H9F2NO2. The first-order valence-electron chi connectivity index (χ1n) is 3.47. The number of hydrogen-bond donors (Lipinski definition) is 1. The summed E-state index contributed by atoms with van der Waals surface area (Å²) in [5.74, 6) is -2.48. The van der Waals surface area contributed by atoms with E-state index in [1.807, 2.05) is 0 Å². The maximum absolute atomic E-state index is 13.2. The molecule has 0 aliphatic heterocycles. The summed E-state index contributed by atoms with van der Waals surface area (Å²) >= 11 is 0. The average Bonchev–Trinajstić information content (AvgIpc) is 2.04. The molecule has 0 aliphatic carbocycles. The van der Waals surface area contributed by atoms with Gasteiger partial charge >= 0.3 is 0 Å². The number of anilines is 1. The van der Waals surface area contributed by atoms with Crippen LogP contribution in [-0.4, -0.2) is 14.2 Å². The summed E-state index contributed by atoms with van der Waals surface area (Å²) < 4.78 is 35.3. The SMILES string of the molecule is COc1c(N)cc(F)c(OC)c1F. The van der Waals surface area contributed by atoms with Gasteiger partial charge in [-0.3, -0.25) is 0 Å². The van der Waals surface area contributed by atoms with Gasteiger partial charge in [-0.2, -0.15) is 4.39 Å². The van der Waals surface area contributed by atoms with E-state index in [0.29, 0.717) is 0 Å². The highest BCUT2D eigenvalue weighted by Gasteiger charge is 2.18. The molecular weight excluding hydrogens is 180 g/mol. The maximum Gasteiger partial charge on any atom is 0.212 e. The molecule has 0 saturated heterocycles. The molecule has 1 rings (SSSR count). The van der Waals surface area contributed by atoms with Crippen LogP contribution in [0.25, 0.3) is 0 Å². The quantitative estimate of drug-likeness (QED) is 0.718. The molecule has 72 valence electrons. The lowest BCUT2D eigenvalue weighted by Gasteiger charge is -2.09. The van der Waals surface area contributed by atoms with Crippen molar-refractivity contribution in [2.45, 2.75) is 0 Å². The van der Waals surface area contributed by atoms with Gasteiger partial charge in [0.25, 0.3) is 0 Å². The lowest BCUT2D eigenvalue weighted by atomic mass is 10.2. The summed E-state index contributed by atoms with van der Waals surface area (Å²) in [6, 6.07) is 0.945. The topological polar surface area (TPSA) is 44.5 Å². The number of methoxy groups -OCH3 is 2. The molecule has 0 aromatic heterocycles. The van der Waals surface area contributed by atoms with Crippen molar-refractivity contribution in [3.8, 4) is 11.5 Å². The normalized spacial score (nSPS) is 9.85. The first-order valence-corrected chi connectivity index (χ1v) is 3.47. The highest BCUT2D eigenvalue weighted by Crippen LogP contribution is 2.34. The number of nitrogen functional groups attached to an aromatic ring is 1. The molecule has 0 unspecified atom stereocenters. The Morgan fingerprint density at radius 2 is 1.69 bits per heavy atom. The van der Waals surface area contributed by atoms with Gasteiger partial charge in [-0.1, -0.05) is 0 Å². The van der Waals surface area contributed by atoms with Crippen LogP contribution in [0.3, 0.4) is 0 Å². The van der Waals surface area contributed by atoms with Crippen LogP contribution in [0.2, 0.25) is 0 Å². The van der Waals surface area contributed by atoms with E-state index < -0.39 is 17.4 Å². The smallest absolute Gasteiger partial charge is 0.212 e. The number of halogens is 2. The highest BCUT2D eigenvalue weighted by atomic mass is 19.1. The van der Waals surface area contributed by atoms with Crippen LogP contribution >= 0.6 is 0 Å². The van der Waals surface area contributed by atoms with Gasteiger partial charge in [0, 0.05) is 6.07 Å². The molecule has 0 spiro atoms. The van der Waals surface area contributed by atoms with E-state index >= 15 is 0 Å². The second kappa shape index (κ2) is 3.47. The molecule has 1 aromatic carbocycles. The van der Waals surface area contributed by atoms with Crippen LogP contribution < -0.4 is 15.2 Å². The molecule has 2 N–H and O–H groups in total. The molecule has 0 amide bonds. The Morgan fingerprint density at radius 1 is 1.15 bits per heavy atom. The maximum atomic E-state index is 13.2. The highest BCUT2D eigenvalue weighted by molar-refractivity contribution is 5.57. The van der Waals surface area contributed by atoms with Crippen LogP contribution in [0, 0.1) is 11.6 Å². The summed E-state index contributed by atoms with van der Waals surface area (Å²) in [6.45, 7) is 0. The number of benzene rings is 1. The van der Waals surface area contributed by atoms with Crippen LogP contribution in [-0.2, 0) is 0 Å². The van der Waals surface area contributed by atoms with Gasteiger partial charge < -0.3 is 15.2 Å². The molecule has 13 heavy (non-hydrogen) atoms. The molecule has 0 aliphatic rings. The summed E-state index contributed by atoms with van der Waals surface area (Å²) in [7, 11) is 2.41. The standard InChI is InChI=1S/C8H9F2NO2/c1-12-7-4(9)3-5(11)8(13-2)6(7)10/h3H,11H2,1-2H3. The number of nitrogens with two attached hydrogens (primary N) is 1. The molecule has 0 radical (unpaired) electrons. The summed E-state index contributed by atoms with van der Waals surface area (Å²) in [5, 5.41) is 0. The van der Waals surface area contributed by atoms with Crippen molar-refractivity contribution in [3.63, 3.8) is 0 Å². The monoisotopic (exact) mass is 189 g/mol. The molecule has 3 nitrogen and oxygen atoms in total. The molecule has 0 heterocycles. The third-order valence-electron chi connectivity index (χ3n) is 1.57. The van der Waals surface area contributed by atoms with E-state index in [9.17, 15) is 8.78 Å². The fourth-order valence-electron chi connectivity index (χ4n) is 0.997. The Balaban J connectivity index is 3.39. The molecule has 0 atom stereocenters. The molecule has 0 saturated carbocycles. The zero-order valence-corrected chi connectivity index (χ0v) is 7.23. The lowest BCUT2D eigenvalue weighted by molar-refractivity contribution is 0.335. The zero-order valence-electron chi connectivity index (χ0n) is 7.23. The lowest BCUT2D eigenvalue weighted by Crippen LogP contribution is -2.00. The van der Waals surface area contributed by atoms with Crippen molar-refractivity contribution < 1.29 is 18.3 Å². The first-order chi connectivity index (χ1) is 6.11. The molecule has 1 aromatic rings. The van der Waals surface area contributed by atoms with Crippen LogP contribution in [0.1, 0.15) is 0 Å². The van der Waals surface area contributed by atoms with Crippen molar-refractivity contribution in [2.24, 2.45) is 0 Å². The van der Waals surface area contributed by atoms with Crippen LogP contribution in [0.15, 0.2) is 6.07 Å². The Bertz CT molecular complexity index is 300. The molecule has 0 fully saturated rings. The van der Waals surface area contributed by atoms with E-state index in [1.165, 1.54) is 7.11 Å². The zero-order chi connectivity index (χ0) is 10.0. The Kier molecular flexibility index (Phi) is 2.55. The summed E-state index contributed by atoms with van der Waals surface area (Å²) in [5.41, 5.74) is 5.20. The fraction of sp³-hybridized carbons (Fsp3) is 0.250. The fourth-order valence-corrected chi connectivity index (χ4v) is 0.997. The Morgan fingerprint density at radius 3 is 2.15 bits per heavy atom. The van der Waals surface area contributed by atoms with E-state index in [0.717, 1.165) is 13.2 Å². The molecule has 5 heteroatoms. The van der Waals surface area contributed by atoms with Crippen molar-refractivity contribution in [1.82, 2.24) is 0 Å². The minimum Gasteiger partial charge on any atom is -0.491 e. The third-order valence-corrected chi connectivity index (χ3v) is 1.57. The Hall–Kier alpha value is -1.52. The van der Waals surface area contributed by atoms with Gasteiger partial charge in [0.2, 0.25) is 5.82 Å². The minimum absolute atomic E-state index is 0.0988. The average molecular weight is 189 g/mol. The van der Waals surface area contributed by atoms with Crippen molar-refractivity contribution in [3.05, 3.63) is 17.7 Å². The van der Waals surface area contributed by atoms with Crippen LogP contribution in [0.4, 0.5) is 14.5 Å². The number of hydrogen-bond acceptors (Lipinski definition) is 3. The Labute approximate surface area is 74.1 Å². The predicted molar refractivity (Wildman–Crippen MR) is 43.9 cm³/mol. The second-order valence-electron chi connectivity index (χ2n) is 2.33. The van der Waals surface area contributed by atoms with Gasteiger partial charge in [-0.15, -0.1) is 0 Å². The van der Waals surface area contributed by atoms with Gasteiger partial charge in [-0.25, -0.2) is 4.39 Å². The van der Waals surface area contributed by atoms with Crippen molar-refractivity contribution >= 4 is 5.69 Å². The number of rotatable bonds is 2. The summed E-state index contributed by atoms with van der Waals surface area (Å²) in [6.07, 6.45) is 0.